The number of nitrogens with one attached hydrogen (secondary N) is 2. The quantitative estimate of drug-likeness (QED) is 0.135. The molecule has 4 rings (SSSR count). The second-order valence-corrected chi connectivity index (χ2v) is 11.5. The molecule has 11 nitrogen and oxygen atoms in total. The fourth-order valence-electron chi connectivity index (χ4n) is 4.61. The molecule has 0 aliphatic carbocycles. The first-order valence-electron chi connectivity index (χ1n) is 15.1. The van der Waals surface area contributed by atoms with Crippen molar-refractivity contribution in [2.75, 3.05) is 51.0 Å². The normalized spacial score (nSPS) is 13.9. The van der Waals surface area contributed by atoms with Crippen LogP contribution in [0.3, 0.4) is 0 Å². The number of carbonyl (C=O) groups excluding carboxylic acids is 2. The smallest absolute Gasteiger partial charge is 0.328 e. The summed E-state index contributed by atoms with van der Waals surface area (Å²) < 4.78 is 11.1. The molecule has 1 aliphatic rings. The minimum atomic E-state index is -1.39. The summed E-state index contributed by atoms with van der Waals surface area (Å²) in [7, 11) is 0. The monoisotopic (exact) mass is 636 g/mol. The van der Waals surface area contributed by atoms with Crippen LogP contribution < -0.4 is 20.3 Å². The third-order valence-electron chi connectivity index (χ3n) is 7.14. The van der Waals surface area contributed by atoms with Crippen LogP contribution in [0.25, 0.3) is 27.8 Å². The van der Waals surface area contributed by atoms with Crippen LogP contribution in [0, 0.1) is 0 Å². The van der Waals surface area contributed by atoms with E-state index in [9.17, 15) is 14.4 Å². The summed E-state index contributed by atoms with van der Waals surface area (Å²) >= 11 is 1.61. The Balaban J connectivity index is 1.46. The summed E-state index contributed by atoms with van der Waals surface area (Å²) in [6.45, 7) is 4.53. The molecule has 240 valence electrons. The molecule has 2 aromatic carbocycles. The minimum Gasteiger partial charge on any atom is -0.484 e. The van der Waals surface area contributed by atoms with Gasteiger partial charge in [0.1, 0.15) is 11.8 Å². The number of ether oxygens (including phenoxy) is 2. The number of nitrogens with zero attached hydrogens (tertiary/aromatic N) is 2. The number of carbonyl (C=O) groups is 3. The Hall–Kier alpha value is -4.26. The molecular weight excluding hydrogens is 596 g/mol. The highest BCUT2D eigenvalue weighted by molar-refractivity contribution is 7.19. The lowest BCUT2D eigenvalue weighted by Gasteiger charge is -2.26. The molecule has 1 aromatic heterocycles. The number of rotatable bonds is 16. The maximum absolute atomic E-state index is 12.2. The van der Waals surface area contributed by atoms with Gasteiger partial charge in [0.05, 0.1) is 30.4 Å². The number of unbranched alkanes of at least 4 members (excludes halogenated alkanes) is 3. The first-order chi connectivity index (χ1) is 21.9. The summed E-state index contributed by atoms with van der Waals surface area (Å²) in [6, 6.07) is 13.8. The summed E-state index contributed by atoms with van der Waals surface area (Å²) in [5.74, 6) is -1.65. The van der Waals surface area contributed by atoms with Crippen LogP contribution in [-0.2, 0) is 19.1 Å². The van der Waals surface area contributed by atoms with Crippen molar-refractivity contribution in [1.82, 2.24) is 15.6 Å². The van der Waals surface area contributed by atoms with Crippen LogP contribution in [0.2, 0.25) is 0 Å². The Morgan fingerprint density at radius 3 is 2.42 bits per heavy atom. The number of hydrogen-bond donors (Lipinski definition) is 4. The lowest BCUT2D eigenvalue weighted by Crippen LogP contribution is -2.45. The molecule has 1 saturated heterocycles. The number of morpholine rings is 1. The zero-order valence-electron chi connectivity index (χ0n) is 25.4. The number of thiazole rings is 1. The number of hydrogen-bond acceptors (Lipinski definition) is 9. The van der Waals surface area contributed by atoms with Gasteiger partial charge in [-0.3, -0.25) is 9.59 Å². The van der Waals surface area contributed by atoms with E-state index in [-0.39, 0.29) is 5.91 Å². The maximum atomic E-state index is 12.2. The lowest BCUT2D eigenvalue weighted by atomic mass is 10.0. The first kappa shape index (κ1) is 33.6. The molecule has 12 heteroatoms. The fraction of sp³-hybridized carbons (Fsp3) is 0.394. The number of anilines is 1. The topological polar surface area (TPSA) is 150 Å². The molecule has 3 aromatic rings. The summed E-state index contributed by atoms with van der Waals surface area (Å²) in [4.78, 5) is 43.5. The zero-order chi connectivity index (χ0) is 32.0. The van der Waals surface area contributed by atoms with Crippen LogP contribution in [0.5, 0.6) is 5.75 Å². The van der Waals surface area contributed by atoms with E-state index in [0.717, 1.165) is 64.7 Å². The number of carboxylic acids is 1. The van der Waals surface area contributed by atoms with Gasteiger partial charge >= 0.3 is 5.97 Å². The molecule has 0 spiro atoms. The van der Waals surface area contributed by atoms with Gasteiger partial charge in [0.2, 0.25) is 5.91 Å². The fourth-order valence-corrected chi connectivity index (χ4v) is 5.75. The van der Waals surface area contributed by atoms with Gasteiger partial charge in [-0.1, -0.05) is 61.8 Å². The lowest BCUT2D eigenvalue weighted by molar-refractivity contribution is -0.143. The molecule has 2 heterocycles. The number of amides is 2. The Kier molecular flexibility index (Phi) is 12.9. The molecule has 45 heavy (non-hydrogen) atoms. The number of aromatic nitrogens is 1. The van der Waals surface area contributed by atoms with Gasteiger partial charge in [0.15, 0.2) is 11.7 Å². The van der Waals surface area contributed by atoms with Gasteiger partial charge in [0.25, 0.3) is 5.91 Å². The standard InChI is InChI=1S/C33H40N4O7S/c1-2-3-4-5-16-34-28(39)15-8-23-6-9-25(10-7-23)31-30(36-33(45-31)37-17-19-43-20-18-37)24-11-13-26(14-12-24)44-22-29(40)35-27(21-38)32(41)42/h6-15,27,38H,2-5,16-22H2,1H3,(H,34,39)(H,35,40)(H,41,42)/b15-8+/t27-/m0/s1. The van der Waals surface area contributed by atoms with Crippen molar-refractivity contribution < 1.29 is 34.1 Å². The van der Waals surface area contributed by atoms with E-state index in [1.54, 1.807) is 29.5 Å². The number of benzene rings is 2. The van der Waals surface area contributed by atoms with E-state index in [0.29, 0.717) is 25.5 Å². The third-order valence-corrected chi connectivity index (χ3v) is 8.31. The summed E-state index contributed by atoms with van der Waals surface area (Å²) in [6.07, 6.45) is 7.82. The second kappa shape index (κ2) is 17.3. The van der Waals surface area contributed by atoms with Crippen molar-refractivity contribution in [1.29, 1.82) is 0 Å². The Labute approximate surface area is 266 Å². The van der Waals surface area contributed by atoms with Crippen LogP contribution in [0.1, 0.15) is 38.2 Å². The highest BCUT2D eigenvalue weighted by Crippen LogP contribution is 2.41. The van der Waals surface area contributed by atoms with E-state index in [2.05, 4.69) is 22.5 Å². The van der Waals surface area contributed by atoms with E-state index in [4.69, 9.17) is 24.7 Å². The predicted octanol–water partition coefficient (Wildman–Crippen LogP) is 3.96. The van der Waals surface area contributed by atoms with Gasteiger partial charge in [-0.25, -0.2) is 9.78 Å². The largest absolute Gasteiger partial charge is 0.484 e. The molecule has 1 fully saturated rings. The minimum absolute atomic E-state index is 0.0989. The van der Waals surface area contributed by atoms with Crippen LogP contribution >= 0.6 is 11.3 Å². The maximum Gasteiger partial charge on any atom is 0.328 e. The van der Waals surface area contributed by atoms with Gasteiger partial charge in [-0.2, -0.15) is 0 Å². The highest BCUT2D eigenvalue weighted by atomic mass is 32.1. The molecule has 1 atom stereocenters. The number of aliphatic hydroxyl groups is 1. The Bertz CT molecular complexity index is 1430. The number of aliphatic carboxylic acids is 1. The molecule has 0 unspecified atom stereocenters. The highest BCUT2D eigenvalue weighted by Gasteiger charge is 2.21. The molecule has 0 radical (unpaired) electrons. The van der Waals surface area contributed by atoms with Crippen molar-refractivity contribution >= 4 is 40.3 Å². The molecule has 4 N–H and O–H groups in total. The predicted molar refractivity (Wildman–Crippen MR) is 174 cm³/mol. The average molecular weight is 637 g/mol. The van der Waals surface area contributed by atoms with Crippen LogP contribution in [-0.4, -0.2) is 85.1 Å². The van der Waals surface area contributed by atoms with Crippen molar-refractivity contribution in [3.63, 3.8) is 0 Å². The SMILES string of the molecule is CCCCCCNC(=O)/C=C/c1ccc(-c2sc(N3CCOCC3)nc2-c2ccc(OCC(=O)N[C@@H](CO)C(=O)O)cc2)cc1. The van der Waals surface area contributed by atoms with Crippen molar-refractivity contribution in [2.24, 2.45) is 0 Å². The van der Waals surface area contributed by atoms with Gasteiger partial charge in [0, 0.05) is 31.3 Å². The molecular formula is C33H40N4O7S. The average Bonchev–Trinajstić information content (AvgIpc) is 3.51. The summed E-state index contributed by atoms with van der Waals surface area (Å²) in [5, 5.41) is 24.1. The Morgan fingerprint density at radius 1 is 1.04 bits per heavy atom. The van der Waals surface area contributed by atoms with Crippen LogP contribution in [0.15, 0.2) is 54.6 Å². The van der Waals surface area contributed by atoms with Gasteiger partial charge in [-0.05, 0) is 47.9 Å². The Morgan fingerprint density at radius 2 is 1.76 bits per heavy atom. The van der Waals surface area contributed by atoms with Gasteiger partial charge in [-0.15, -0.1) is 0 Å². The number of aliphatic hydroxyl groups excluding tert-OH is 1. The van der Waals surface area contributed by atoms with Crippen molar-refractivity contribution in [2.45, 2.75) is 38.6 Å². The molecule has 0 saturated carbocycles. The van der Waals surface area contributed by atoms with E-state index in [1.807, 2.05) is 42.5 Å². The van der Waals surface area contributed by atoms with E-state index >= 15 is 0 Å². The summed E-state index contributed by atoms with van der Waals surface area (Å²) in [5.41, 5.74) is 3.58. The molecule has 1 aliphatic heterocycles. The molecule has 0 bridgehead atoms. The first-order valence-corrected chi connectivity index (χ1v) is 16.0. The number of carboxylic acid groups (broad SMARTS) is 1. The van der Waals surface area contributed by atoms with E-state index in [1.165, 1.54) is 6.42 Å². The van der Waals surface area contributed by atoms with Gasteiger partial charge < -0.3 is 35.2 Å². The second-order valence-electron chi connectivity index (χ2n) is 10.5. The van der Waals surface area contributed by atoms with Crippen molar-refractivity contribution in [3.8, 4) is 27.4 Å². The third kappa shape index (κ3) is 10.1. The van der Waals surface area contributed by atoms with E-state index < -0.39 is 31.1 Å². The van der Waals surface area contributed by atoms with Crippen LogP contribution in [0.4, 0.5) is 5.13 Å². The van der Waals surface area contributed by atoms with Crippen molar-refractivity contribution in [3.05, 3.63) is 60.2 Å². The zero-order valence-corrected chi connectivity index (χ0v) is 26.2. The molecule has 2 amide bonds.